The van der Waals surface area contributed by atoms with Crippen LogP contribution in [0.2, 0.25) is 0 Å². The fraction of sp³-hybridized carbons (Fsp3) is 0.231. The zero-order chi connectivity index (χ0) is 24.6. The maximum absolute atomic E-state index is 14.7. The van der Waals surface area contributed by atoms with Gasteiger partial charge in [-0.25, -0.2) is 8.78 Å². The number of Topliss-reactive ketones (excluding diaryl/α,β-unsaturated/α-hetero) is 1. The highest BCUT2D eigenvalue weighted by Gasteiger charge is 2.49. The van der Waals surface area contributed by atoms with Crippen LogP contribution >= 0.6 is 0 Å². The SMILES string of the molecule is CCCOc1ccc(/C(O)=C2/C(=O)C(=O)N(c3cc(F)ccc3F)C2c2ccc(C)o2)cc1C. The number of aliphatic hydroxyl groups is 1. The Kier molecular flexibility index (Phi) is 6.24. The number of aliphatic hydroxyl groups excluding tert-OH is 1. The van der Waals surface area contributed by atoms with Crippen molar-refractivity contribution in [3.8, 4) is 5.75 Å². The zero-order valence-electron chi connectivity index (χ0n) is 18.9. The van der Waals surface area contributed by atoms with E-state index in [1.807, 2.05) is 6.92 Å². The highest BCUT2D eigenvalue weighted by Crippen LogP contribution is 2.43. The molecule has 8 heteroatoms. The van der Waals surface area contributed by atoms with Gasteiger partial charge >= 0.3 is 0 Å². The van der Waals surface area contributed by atoms with Crippen LogP contribution in [0.1, 0.15) is 42.0 Å². The Labute approximate surface area is 195 Å². The van der Waals surface area contributed by atoms with E-state index in [9.17, 15) is 23.5 Å². The number of ether oxygens (including phenoxy) is 1. The molecule has 34 heavy (non-hydrogen) atoms. The zero-order valence-corrected chi connectivity index (χ0v) is 18.9. The molecule has 1 amide bonds. The number of aryl methyl sites for hydroxylation is 2. The van der Waals surface area contributed by atoms with Gasteiger partial charge < -0.3 is 14.3 Å². The number of amides is 1. The molecule has 2 aromatic carbocycles. The third-order valence-electron chi connectivity index (χ3n) is 5.55. The molecule has 1 aliphatic heterocycles. The molecule has 0 spiro atoms. The molecule has 176 valence electrons. The standard InChI is InChI=1S/C26H23F2NO5/c1-4-11-33-20-10-6-16(12-14(20)2)24(30)22-23(21-9-5-15(3)34-21)29(26(32)25(22)31)19-13-17(27)7-8-18(19)28/h5-10,12-13,23,30H,4,11H2,1-3H3/b24-22-. The molecule has 0 radical (unpaired) electrons. The fourth-order valence-corrected chi connectivity index (χ4v) is 3.95. The van der Waals surface area contributed by atoms with Gasteiger partial charge in [0.25, 0.3) is 11.7 Å². The molecule has 0 bridgehead atoms. The van der Waals surface area contributed by atoms with Gasteiger partial charge in [-0.05, 0) is 68.3 Å². The number of halogens is 2. The van der Waals surface area contributed by atoms with Crippen molar-refractivity contribution in [2.75, 3.05) is 11.5 Å². The van der Waals surface area contributed by atoms with Gasteiger partial charge in [0.2, 0.25) is 0 Å². The van der Waals surface area contributed by atoms with E-state index in [1.165, 1.54) is 6.07 Å². The van der Waals surface area contributed by atoms with Gasteiger partial charge in [-0.1, -0.05) is 6.92 Å². The van der Waals surface area contributed by atoms with Crippen molar-refractivity contribution in [2.45, 2.75) is 33.2 Å². The minimum absolute atomic E-state index is 0.126. The summed E-state index contributed by atoms with van der Waals surface area (Å²) < 4.78 is 40.0. The first kappa shape index (κ1) is 23.2. The van der Waals surface area contributed by atoms with Crippen molar-refractivity contribution in [3.63, 3.8) is 0 Å². The van der Waals surface area contributed by atoms with Crippen LogP contribution in [0.4, 0.5) is 14.5 Å². The van der Waals surface area contributed by atoms with Crippen molar-refractivity contribution in [3.05, 3.63) is 88.4 Å². The smallest absolute Gasteiger partial charge is 0.300 e. The van der Waals surface area contributed by atoms with Crippen LogP contribution < -0.4 is 9.64 Å². The Morgan fingerprint density at radius 3 is 2.50 bits per heavy atom. The van der Waals surface area contributed by atoms with Crippen LogP contribution in [-0.2, 0) is 9.59 Å². The number of hydrogen-bond acceptors (Lipinski definition) is 5. The number of furan rings is 1. The Morgan fingerprint density at radius 2 is 1.85 bits per heavy atom. The first-order valence-electron chi connectivity index (χ1n) is 10.8. The molecule has 1 N–H and O–H groups in total. The quantitative estimate of drug-likeness (QED) is 0.290. The summed E-state index contributed by atoms with van der Waals surface area (Å²) in [5.41, 5.74) is 0.268. The van der Waals surface area contributed by atoms with Crippen molar-refractivity contribution in [2.24, 2.45) is 0 Å². The van der Waals surface area contributed by atoms with Crippen molar-refractivity contribution >= 4 is 23.1 Å². The summed E-state index contributed by atoms with van der Waals surface area (Å²) in [5.74, 6) is -3.06. The van der Waals surface area contributed by atoms with E-state index in [1.54, 1.807) is 38.1 Å². The molecule has 1 aliphatic rings. The maximum Gasteiger partial charge on any atom is 0.300 e. The Balaban J connectivity index is 1.89. The minimum Gasteiger partial charge on any atom is -0.507 e. The lowest BCUT2D eigenvalue weighted by atomic mass is 9.98. The summed E-state index contributed by atoms with van der Waals surface area (Å²) in [6.45, 7) is 5.95. The second kappa shape index (κ2) is 9.13. The molecule has 2 heterocycles. The third-order valence-corrected chi connectivity index (χ3v) is 5.55. The van der Waals surface area contributed by atoms with E-state index in [-0.39, 0.29) is 16.9 Å². The Hall–Kier alpha value is -3.94. The number of rotatable bonds is 6. The molecule has 0 aliphatic carbocycles. The number of ketones is 1. The van der Waals surface area contributed by atoms with E-state index in [0.717, 1.165) is 29.5 Å². The number of hydrogen-bond donors (Lipinski definition) is 1. The average Bonchev–Trinajstić information content (AvgIpc) is 3.35. The summed E-state index contributed by atoms with van der Waals surface area (Å²) in [5, 5.41) is 11.2. The number of benzene rings is 2. The number of carbonyl (C=O) groups excluding carboxylic acids is 2. The van der Waals surface area contributed by atoms with E-state index >= 15 is 0 Å². The van der Waals surface area contributed by atoms with Crippen LogP contribution in [0.25, 0.3) is 5.76 Å². The van der Waals surface area contributed by atoms with Crippen LogP contribution in [0.15, 0.2) is 58.5 Å². The maximum atomic E-state index is 14.7. The average molecular weight is 467 g/mol. The lowest BCUT2D eigenvalue weighted by Gasteiger charge is -2.24. The summed E-state index contributed by atoms with van der Waals surface area (Å²) >= 11 is 0. The molecule has 3 aromatic rings. The van der Waals surface area contributed by atoms with Crippen LogP contribution in [-0.4, -0.2) is 23.4 Å². The normalized spacial score (nSPS) is 17.4. The fourth-order valence-electron chi connectivity index (χ4n) is 3.95. The van der Waals surface area contributed by atoms with Gasteiger partial charge in [-0.3, -0.25) is 14.5 Å². The molecule has 0 saturated carbocycles. The molecular weight excluding hydrogens is 444 g/mol. The Bertz CT molecular complexity index is 1310. The van der Waals surface area contributed by atoms with Gasteiger partial charge in [-0.15, -0.1) is 0 Å². The largest absolute Gasteiger partial charge is 0.507 e. The van der Waals surface area contributed by atoms with Gasteiger partial charge in [-0.2, -0.15) is 0 Å². The van der Waals surface area contributed by atoms with Crippen molar-refractivity contribution < 1.29 is 32.6 Å². The van der Waals surface area contributed by atoms with E-state index < -0.39 is 40.8 Å². The van der Waals surface area contributed by atoms with Crippen molar-refractivity contribution in [1.82, 2.24) is 0 Å². The second-order valence-corrected chi connectivity index (χ2v) is 8.04. The number of anilines is 1. The summed E-state index contributed by atoms with van der Waals surface area (Å²) in [6.07, 6.45) is 0.823. The van der Waals surface area contributed by atoms with Gasteiger partial charge in [0.05, 0.1) is 17.9 Å². The lowest BCUT2D eigenvalue weighted by molar-refractivity contribution is -0.132. The first-order chi connectivity index (χ1) is 16.2. The lowest BCUT2D eigenvalue weighted by Crippen LogP contribution is -2.30. The van der Waals surface area contributed by atoms with Gasteiger partial charge in [0.15, 0.2) is 0 Å². The van der Waals surface area contributed by atoms with E-state index in [0.29, 0.717) is 23.7 Å². The minimum atomic E-state index is -1.29. The van der Waals surface area contributed by atoms with Crippen LogP contribution in [0.5, 0.6) is 5.75 Å². The molecule has 4 rings (SSSR count). The highest BCUT2D eigenvalue weighted by atomic mass is 19.1. The van der Waals surface area contributed by atoms with Gasteiger partial charge in [0.1, 0.15) is 40.7 Å². The molecule has 1 saturated heterocycles. The predicted molar refractivity (Wildman–Crippen MR) is 122 cm³/mol. The van der Waals surface area contributed by atoms with Crippen LogP contribution in [0, 0.1) is 25.5 Å². The topological polar surface area (TPSA) is 80.0 Å². The summed E-state index contributed by atoms with van der Waals surface area (Å²) in [7, 11) is 0. The van der Waals surface area contributed by atoms with Crippen molar-refractivity contribution in [1.29, 1.82) is 0 Å². The van der Waals surface area contributed by atoms with E-state index in [2.05, 4.69) is 0 Å². The summed E-state index contributed by atoms with van der Waals surface area (Å²) in [6, 6.07) is 9.30. The summed E-state index contributed by atoms with van der Waals surface area (Å²) in [4.78, 5) is 26.9. The molecular formula is C26H23F2NO5. The monoisotopic (exact) mass is 467 g/mol. The van der Waals surface area contributed by atoms with Crippen LogP contribution in [0.3, 0.4) is 0 Å². The Morgan fingerprint density at radius 1 is 1.09 bits per heavy atom. The van der Waals surface area contributed by atoms with Gasteiger partial charge in [0, 0.05) is 11.6 Å². The number of carbonyl (C=O) groups is 2. The molecule has 6 nitrogen and oxygen atoms in total. The predicted octanol–water partition coefficient (Wildman–Crippen LogP) is 5.59. The molecule has 1 aromatic heterocycles. The first-order valence-corrected chi connectivity index (χ1v) is 10.8. The molecule has 1 fully saturated rings. The highest BCUT2D eigenvalue weighted by molar-refractivity contribution is 6.51. The van der Waals surface area contributed by atoms with E-state index in [4.69, 9.17) is 9.15 Å². The molecule has 1 atom stereocenters. The second-order valence-electron chi connectivity index (χ2n) is 8.04. The third kappa shape index (κ3) is 4.07. The number of nitrogens with zero attached hydrogens (tertiary/aromatic N) is 1. The molecule has 1 unspecified atom stereocenters.